The maximum Gasteiger partial charge on any atom is 0.183 e. The molecule has 0 unspecified atom stereocenters. The molecule has 11 heteroatoms. The van der Waals surface area contributed by atoms with E-state index in [9.17, 15) is 5.11 Å². The number of piperazine rings is 1. The molecule has 0 aliphatic carbocycles. The van der Waals surface area contributed by atoms with Crippen LogP contribution in [0.15, 0.2) is 30.5 Å². The molecular weight excluding hydrogens is 559 g/mol. The molecule has 35 heavy (non-hydrogen) atoms. The summed E-state index contributed by atoms with van der Waals surface area (Å²) in [5.41, 5.74) is 3.65. The molecular formula is C24H29IN8O2. The van der Waals surface area contributed by atoms with Crippen molar-refractivity contribution < 1.29 is 9.84 Å². The van der Waals surface area contributed by atoms with E-state index in [0.29, 0.717) is 28.7 Å². The highest BCUT2D eigenvalue weighted by Gasteiger charge is 2.26. The number of rotatable bonds is 6. The summed E-state index contributed by atoms with van der Waals surface area (Å²) in [6, 6.07) is 8.23. The molecule has 0 amide bonds. The smallest absolute Gasteiger partial charge is 0.183 e. The van der Waals surface area contributed by atoms with Crippen LogP contribution in [-0.4, -0.2) is 103 Å². The zero-order valence-electron chi connectivity index (χ0n) is 19.5. The van der Waals surface area contributed by atoms with Crippen molar-refractivity contribution in [1.29, 1.82) is 0 Å². The highest BCUT2D eigenvalue weighted by Crippen LogP contribution is 2.31. The number of H-pyrrole nitrogens is 2. The standard InChI is InChI=1S/C24H29IN8O2/c25-19-14-31(6-7-32(19)8-11-34)15-20-27-21-23(28-20)29-22(30-24(21)33-9-12-35-13-10-33)17-2-1-3-18-16(17)4-5-26-18/h1-5,19,26,34H,6-15H2,(H,27,28,29,30)/t19-/m1/s1. The van der Waals surface area contributed by atoms with E-state index in [1.165, 1.54) is 0 Å². The fourth-order valence-corrected chi connectivity index (χ4v) is 6.09. The summed E-state index contributed by atoms with van der Waals surface area (Å²) >= 11 is 2.47. The SMILES string of the molecule is OCCN1CCN(Cc2nc3nc(-c4cccc5[nH]ccc45)nc(N4CCOCC4)c3[nH]2)C[C@@H]1I. The number of hydrogen-bond acceptors (Lipinski definition) is 8. The van der Waals surface area contributed by atoms with Crippen LogP contribution in [0.3, 0.4) is 0 Å². The van der Waals surface area contributed by atoms with Crippen molar-refractivity contribution >= 4 is 50.5 Å². The second kappa shape index (κ2) is 9.97. The van der Waals surface area contributed by atoms with Gasteiger partial charge < -0.3 is 24.7 Å². The molecule has 4 aromatic rings. The number of ether oxygens (including phenoxy) is 1. The van der Waals surface area contributed by atoms with Gasteiger partial charge in [-0.2, -0.15) is 0 Å². The zero-order chi connectivity index (χ0) is 23.8. The Morgan fingerprint density at radius 2 is 1.97 bits per heavy atom. The van der Waals surface area contributed by atoms with Crippen molar-refractivity contribution in [3.63, 3.8) is 0 Å². The van der Waals surface area contributed by atoms with Crippen LogP contribution in [-0.2, 0) is 11.3 Å². The number of fused-ring (bicyclic) bond motifs is 2. The van der Waals surface area contributed by atoms with Crippen molar-refractivity contribution in [3.05, 3.63) is 36.3 Å². The molecule has 0 radical (unpaired) electrons. The molecule has 0 bridgehead atoms. The predicted molar refractivity (Wildman–Crippen MR) is 144 cm³/mol. The van der Waals surface area contributed by atoms with Crippen molar-refractivity contribution in [2.45, 2.75) is 10.6 Å². The highest BCUT2D eigenvalue weighted by atomic mass is 127. The number of nitrogens with zero attached hydrogens (tertiary/aromatic N) is 6. The topological polar surface area (TPSA) is 109 Å². The van der Waals surface area contributed by atoms with Gasteiger partial charge in [0.05, 0.1) is 30.4 Å². The Morgan fingerprint density at radius 1 is 1.09 bits per heavy atom. The number of aliphatic hydroxyl groups is 1. The molecule has 6 rings (SSSR count). The third kappa shape index (κ3) is 4.62. The lowest BCUT2D eigenvalue weighted by atomic mass is 10.1. The fourth-order valence-electron chi connectivity index (χ4n) is 4.98. The van der Waals surface area contributed by atoms with E-state index in [0.717, 1.165) is 79.4 Å². The summed E-state index contributed by atoms with van der Waals surface area (Å²) in [4.78, 5) is 28.7. The Labute approximate surface area is 216 Å². The number of anilines is 1. The van der Waals surface area contributed by atoms with Gasteiger partial charge in [0.25, 0.3) is 0 Å². The Hall–Kier alpha value is -2.32. The number of imidazole rings is 1. The van der Waals surface area contributed by atoms with E-state index in [2.05, 4.69) is 65.5 Å². The van der Waals surface area contributed by atoms with Gasteiger partial charge in [-0.05, 0) is 12.1 Å². The number of nitrogens with one attached hydrogen (secondary N) is 2. The van der Waals surface area contributed by atoms with E-state index in [4.69, 9.17) is 19.7 Å². The van der Waals surface area contributed by atoms with E-state index in [1.54, 1.807) is 0 Å². The number of alkyl halides is 1. The quantitative estimate of drug-likeness (QED) is 0.179. The second-order valence-electron chi connectivity index (χ2n) is 9.03. The average molecular weight is 588 g/mol. The van der Waals surface area contributed by atoms with Crippen LogP contribution in [0.5, 0.6) is 0 Å². The van der Waals surface area contributed by atoms with Crippen LogP contribution in [0.2, 0.25) is 0 Å². The first-order chi connectivity index (χ1) is 17.2. The molecule has 3 aromatic heterocycles. The number of aromatic nitrogens is 5. The van der Waals surface area contributed by atoms with Crippen LogP contribution >= 0.6 is 22.6 Å². The Balaban J connectivity index is 1.36. The minimum absolute atomic E-state index is 0.199. The van der Waals surface area contributed by atoms with Gasteiger partial charge in [0.1, 0.15) is 11.3 Å². The number of aromatic amines is 2. The summed E-state index contributed by atoms with van der Waals surface area (Å²) in [5, 5.41) is 10.4. The summed E-state index contributed by atoms with van der Waals surface area (Å²) in [6.07, 6.45) is 1.95. The van der Waals surface area contributed by atoms with Gasteiger partial charge in [-0.25, -0.2) is 15.0 Å². The van der Waals surface area contributed by atoms with Gasteiger partial charge in [-0.3, -0.25) is 9.80 Å². The normalized spacial score (nSPS) is 20.3. The first kappa shape index (κ1) is 23.1. The zero-order valence-corrected chi connectivity index (χ0v) is 21.6. The fraction of sp³-hybridized carbons (Fsp3) is 0.458. The summed E-state index contributed by atoms with van der Waals surface area (Å²) < 4.78 is 5.97. The molecule has 1 atom stereocenters. The molecule has 10 nitrogen and oxygen atoms in total. The first-order valence-electron chi connectivity index (χ1n) is 12.1. The number of halogens is 1. The van der Waals surface area contributed by atoms with Crippen LogP contribution in [0, 0.1) is 0 Å². The van der Waals surface area contributed by atoms with Crippen molar-refractivity contribution in [3.8, 4) is 11.4 Å². The van der Waals surface area contributed by atoms with Gasteiger partial charge in [0.2, 0.25) is 0 Å². The van der Waals surface area contributed by atoms with Gasteiger partial charge in [0, 0.05) is 61.9 Å². The molecule has 2 saturated heterocycles. The molecule has 0 spiro atoms. The monoisotopic (exact) mass is 588 g/mol. The third-order valence-electron chi connectivity index (χ3n) is 6.80. The van der Waals surface area contributed by atoms with Crippen LogP contribution < -0.4 is 4.90 Å². The van der Waals surface area contributed by atoms with Crippen molar-refractivity contribution in [2.24, 2.45) is 0 Å². The minimum atomic E-state index is 0.199. The van der Waals surface area contributed by atoms with Crippen molar-refractivity contribution in [1.82, 2.24) is 34.7 Å². The van der Waals surface area contributed by atoms with E-state index in [1.807, 2.05) is 12.3 Å². The van der Waals surface area contributed by atoms with E-state index < -0.39 is 0 Å². The Bertz CT molecular complexity index is 1320. The Morgan fingerprint density at radius 3 is 2.80 bits per heavy atom. The van der Waals surface area contributed by atoms with Gasteiger partial charge in [-0.1, -0.05) is 34.7 Å². The molecule has 3 N–H and O–H groups in total. The number of morpholine rings is 1. The van der Waals surface area contributed by atoms with E-state index in [-0.39, 0.29) is 6.61 Å². The molecule has 184 valence electrons. The molecule has 2 fully saturated rings. The number of β-amino-alcohol motifs (C(OH)–C–C–N with tert-alkyl or cyclic N) is 1. The maximum absolute atomic E-state index is 9.30. The minimum Gasteiger partial charge on any atom is -0.395 e. The lowest BCUT2D eigenvalue weighted by Crippen LogP contribution is -2.50. The lowest BCUT2D eigenvalue weighted by Gasteiger charge is -2.38. The first-order valence-corrected chi connectivity index (χ1v) is 13.3. The van der Waals surface area contributed by atoms with Gasteiger partial charge in [0.15, 0.2) is 17.3 Å². The van der Waals surface area contributed by atoms with Crippen LogP contribution in [0.25, 0.3) is 33.5 Å². The molecule has 1 aromatic carbocycles. The largest absolute Gasteiger partial charge is 0.395 e. The molecule has 2 aliphatic heterocycles. The predicted octanol–water partition coefficient (Wildman–Crippen LogP) is 2.21. The van der Waals surface area contributed by atoms with Gasteiger partial charge >= 0.3 is 0 Å². The molecule has 5 heterocycles. The summed E-state index contributed by atoms with van der Waals surface area (Å²) in [6.45, 7) is 7.42. The summed E-state index contributed by atoms with van der Waals surface area (Å²) in [7, 11) is 0. The molecule has 2 aliphatic rings. The maximum atomic E-state index is 9.30. The van der Waals surface area contributed by atoms with Crippen LogP contribution in [0.4, 0.5) is 5.82 Å². The average Bonchev–Trinajstić information content (AvgIpc) is 3.52. The highest BCUT2D eigenvalue weighted by molar-refractivity contribution is 14.1. The lowest BCUT2D eigenvalue weighted by molar-refractivity contribution is 0.0988. The second-order valence-corrected chi connectivity index (χ2v) is 10.5. The number of aliphatic hydroxyl groups excluding tert-OH is 1. The third-order valence-corrected chi connectivity index (χ3v) is 7.98. The number of hydrogen-bond donors (Lipinski definition) is 3. The van der Waals surface area contributed by atoms with Gasteiger partial charge in [-0.15, -0.1) is 0 Å². The van der Waals surface area contributed by atoms with Crippen LogP contribution in [0.1, 0.15) is 5.82 Å². The van der Waals surface area contributed by atoms with Crippen molar-refractivity contribution in [2.75, 3.05) is 64.0 Å². The van der Waals surface area contributed by atoms with E-state index >= 15 is 0 Å². The Kier molecular flexibility index (Phi) is 6.58. The number of benzene rings is 1. The summed E-state index contributed by atoms with van der Waals surface area (Å²) in [5.74, 6) is 2.48. The molecule has 0 saturated carbocycles.